The van der Waals surface area contributed by atoms with Crippen molar-refractivity contribution in [2.24, 2.45) is 11.7 Å². The number of carboxylic acids is 1. The second-order valence-corrected chi connectivity index (χ2v) is 2.11. The average molecular weight is 181 g/mol. The van der Waals surface area contributed by atoms with E-state index in [1.54, 1.807) is 13.8 Å². The van der Waals surface area contributed by atoms with Crippen molar-refractivity contribution in [1.29, 1.82) is 0 Å². The minimum Gasteiger partial charge on any atom is -0.480 e. The fourth-order valence-corrected chi connectivity index (χ4v) is 0.285. The predicted molar refractivity (Wildman–Crippen MR) is 30.4 cm³/mol. The molecule has 0 spiro atoms. The Hall–Kier alpha value is -0.0505. The standard InChI is InChI=1S/C5H11NO2.Cu/c1-3(2)4(6)5(7)8;/h3-4H,6H2,1-2H3,(H,7,8);/t4-;/m0./s1. The summed E-state index contributed by atoms with van der Waals surface area (Å²) < 4.78 is 0. The number of hydrogen-bond acceptors (Lipinski definition) is 2. The van der Waals surface area contributed by atoms with Gasteiger partial charge in [-0.1, -0.05) is 13.8 Å². The SMILES string of the molecule is CC(C)[C@H](N)C(=O)O.[Cu]. The molecule has 0 heterocycles. The van der Waals surface area contributed by atoms with E-state index in [-0.39, 0.29) is 23.0 Å². The Morgan fingerprint density at radius 2 is 1.89 bits per heavy atom. The molecular weight excluding hydrogens is 170 g/mol. The molecule has 0 bridgehead atoms. The first-order valence-corrected chi connectivity index (χ1v) is 2.54. The van der Waals surface area contributed by atoms with Gasteiger partial charge in [0.1, 0.15) is 6.04 Å². The van der Waals surface area contributed by atoms with Crippen molar-refractivity contribution in [3.63, 3.8) is 0 Å². The minimum atomic E-state index is -0.931. The maximum atomic E-state index is 10.0. The van der Waals surface area contributed by atoms with Crippen LogP contribution in [0.4, 0.5) is 0 Å². The second kappa shape index (κ2) is 4.79. The van der Waals surface area contributed by atoms with Crippen molar-refractivity contribution in [2.45, 2.75) is 19.9 Å². The van der Waals surface area contributed by atoms with Crippen LogP contribution in [0.1, 0.15) is 13.8 Å². The van der Waals surface area contributed by atoms with E-state index in [9.17, 15) is 4.79 Å². The molecule has 0 saturated carbocycles. The summed E-state index contributed by atoms with van der Waals surface area (Å²) in [5, 5.41) is 8.23. The van der Waals surface area contributed by atoms with Gasteiger partial charge in [-0.25, -0.2) is 0 Å². The molecule has 0 rings (SSSR count). The first-order chi connectivity index (χ1) is 3.55. The summed E-state index contributed by atoms with van der Waals surface area (Å²) in [7, 11) is 0. The molecule has 0 fully saturated rings. The van der Waals surface area contributed by atoms with Gasteiger partial charge in [-0.3, -0.25) is 4.79 Å². The molecule has 0 unspecified atom stereocenters. The van der Waals surface area contributed by atoms with E-state index in [1.165, 1.54) is 0 Å². The van der Waals surface area contributed by atoms with Gasteiger partial charge in [0.05, 0.1) is 0 Å². The molecule has 3 nitrogen and oxygen atoms in total. The average Bonchev–Trinajstić information content (AvgIpc) is 1.64. The van der Waals surface area contributed by atoms with E-state index in [2.05, 4.69) is 0 Å². The molecule has 0 aromatic carbocycles. The van der Waals surface area contributed by atoms with E-state index >= 15 is 0 Å². The van der Waals surface area contributed by atoms with Gasteiger partial charge in [-0.2, -0.15) is 0 Å². The molecule has 0 aliphatic rings. The fraction of sp³-hybridized carbons (Fsp3) is 0.800. The quantitative estimate of drug-likeness (QED) is 0.591. The van der Waals surface area contributed by atoms with E-state index in [4.69, 9.17) is 10.8 Å². The summed E-state index contributed by atoms with van der Waals surface area (Å²) >= 11 is 0. The van der Waals surface area contributed by atoms with Crippen molar-refractivity contribution < 1.29 is 27.0 Å². The largest absolute Gasteiger partial charge is 0.480 e. The van der Waals surface area contributed by atoms with Crippen molar-refractivity contribution in [1.82, 2.24) is 0 Å². The number of hydrogen-bond donors (Lipinski definition) is 2. The molecule has 0 aromatic rings. The Balaban J connectivity index is 0. The van der Waals surface area contributed by atoms with Gasteiger partial charge < -0.3 is 10.8 Å². The number of rotatable bonds is 2. The summed E-state index contributed by atoms with van der Waals surface area (Å²) in [6.07, 6.45) is 0. The third-order valence-electron chi connectivity index (χ3n) is 1.00. The molecule has 4 heteroatoms. The van der Waals surface area contributed by atoms with Crippen LogP contribution >= 0.6 is 0 Å². The minimum absolute atomic E-state index is 0. The summed E-state index contributed by atoms with van der Waals surface area (Å²) in [5.74, 6) is -0.910. The maximum Gasteiger partial charge on any atom is 0.320 e. The topological polar surface area (TPSA) is 63.3 Å². The van der Waals surface area contributed by atoms with Gasteiger partial charge in [0.2, 0.25) is 0 Å². The number of carboxylic acid groups (broad SMARTS) is 1. The predicted octanol–water partition coefficient (Wildman–Crippen LogP) is 0.0518. The molecule has 9 heavy (non-hydrogen) atoms. The van der Waals surface area contributed by atoms with Crippen LogP contribution in [0.15, 0.2) is 0 Å². The fourth-order valence-electron chi connectivity index (χ4n) is 0.285. The first kappa shape index (κ1) is 11.7. The Kier molecular flexibility index (Phi) is 6.24. The second-order valence-electron chi connectivity index (χ2n) is 2.11. The van der Waals surface area contributed by atoms with Crippen LogP contribution in [0.25, 0.3) is 0 Å². The summed E-state index contributed by atoms with van der Waals surface area (Å²) in [5.41, 5.74) is 5.16. The van der Waals surface area contributed by atoms with Crippen LogP contribution in [0, 0.1) is 5.92 Å². The zero-order chi connectivity index (χ0) is 6.73. The molecule has 0 saturated heterocycles. The van der Waals surface area contributed by atoms with Crippen LogP contribution in [0.3, 0.4) is 0 Å². The van der Waals surface area contributed by atoms with Gasteiger partial charge in [-0.05, 0) is 5.92 Å². The monoisotopic (exact) mass is 180 g/mol. The van der Waals surface area contributed by atoms with Gasteiger partial charge in [-0.15, -0.1) is 0 Å². The smallest absolute Gasteiger partial charge is 0.320 e. The molecule has 0 amide bonds. The normalized spacial score (nSPS) is 12.4. The molecule has 1 radical (unpaired) electrons. The molecule has 0 aromatic heterocycles. The Labute approximate surface area is 65.1 Å². The van der Waals surface area contributed by atoms with Crippen LogP contribution in [-0.4, -0.2) is 17.1 Å². The number of nitrogens with two attached hydrogens (primary N) is 1. The van der Waals surface area contributed by atoms with Crippen LogP contribution < -0.4 is 5.73 Å². The molecule has 0 aliphatic heterocycles. The summed E-state index contributed by atoms with van der Waals surface area (Å²) in [6, 6.07) is -0.713. The van der Waals surface area contributed by atoms with Crippen LogP contribution in [0.5, 0.6) is 0 Å². The molecule has 1 atom stereocenters. The molecule has 0 aliphatic carbocycles. The third-order valence-corrected chi connectivity index (χ3v) is 1.00. The first-order valence-electron chi connectivity index (χ1n) is 2.54. The van der Waals surface area contributed by atoms with E-state index in [0.717, 1.165) is 0 Å². The van der Waals surface area contributed by atoms with Gasteiger partial charge in [0.25, 0.3) is 0 Å². The Bertz CT molecular complexity index is 95.0. The van der Waals surface area contributed by atoms with Crippen LogP contribution in [0.2, 0.25) is 0 Å². The number of carbonyl (C=O) groups is 1. The van der Waals surface area contributed by atoms with Crippen molar-refractivity contribution in [3.8, 4) is 0 Å². The van der Waals surface area contributed by atoms with E-state index < -0.39 is 12.0 Å². The van der Waals surface area contributed by atoms with Gasteiger partial charge >= 0.3 is 5.97 Å². The van der Waals surface area contributed by atoms with E-state index in [0.29, 0.717) is 0 Å². The Morgan fingerprint density at radius 3 is 1.89 bits per heavy atom. The van der Waals surface area contributed by atoms with E-state index in [1.807, 2.05) is 0 Å². The zero-order valence-corrected chi connectivity index (χ0v) is 6.33. The summed E-state index contributed by atoms with van der Waals surface area (Å²) in [4.78, 5) is 10.0. The summed E-state index contributed by atoms with van der Waals surface area (Å²) in [6.45, 7) is 3.55. The Morgan fingerprint density at radius 1 is 1.56 bits per heavy atom. The molecular formula is C5H11CuNO2. The third kappa shape index (κ3) is 4.45. The van der Waals surface area contributed by atoms with Crippen molar-refractivity contribution in [3.05, 3.63) is 0 Å². The van der Waals surface area contributed by atoms with Gasteiger partial charge in [0.15, 0.2) is 0 Å². The number of aliphatic carboxylic acids is 1. The van der Waals surface area contributed by atoms with Crippen molar-refractivity contribution in [2.75, 3.05) is 0 Å². The van der Waals surface area contributed by atoms with Crippen molar-refractivity contribution >= 4 is 5.97 Å². The van der Waals surface area contributed by atoms with Crippen LogP contribution in [-0.2, 0) is 21.9 Å². The molecule has 59 valence electrons. The van der Waals surface area contributed by atoms with Gasteiger partial charge in [0, 0.05) is 17.1 Å². The maximum absolute atomic E-state index is 10.0. The zero-order valence-electron chi connectivity index (χ0n) is 5.39. The molecule has 3 N–H and O–H groups in total.